The Hall–Kier alpha value is -3.55. The molecule has 3 rings (SSSR count). The molecule has 0 spiro atoms. The van der Waals surface area contributed by atoms with Gasteiger partial charge in [0.2, 0.25) is 10.0 Å². The fraction of sp³-hybridized carbons (Fsp3) is 0.481. The van der Waals surface area contributed by atoms with Crippen LogP contribution >= 0.6 is 0 Å². The van der Waals surface area contributed by atoms with E-state index in [1.54, 1.807) is 11.0 Å². The van der Waals surface area contributed by atoms with E-state index in [2.05, 4.69) is 20.3 Å². The van der Waals surface area contributed by atoms with Gasteiger partial charge in [-0.3, -0.25) is 14.4 Å². The van der Waals surface area contributed by atoms with E-state index in [9.17, 15) is 28.2 Å². The number of urea groups is 1. The molecule has 0 aromatic heterocycles. The van der Waals surface area contributed by atoms with Crippen molar-refractivity contribution in [3.63, 3.8) is 0 Å². The zero-order valence-electron chi connectivity index (χ0n) is 22.8. The van der Waals surface area contributed by atoms with Crippen LogP contribution in [0.4, 0.5) is 21.9 Å². The number of hydrogen-bond donors (Lipinski definition) is 6. The summed E-state index contributed by atoms with van der Waals surface area (Å²) in [5.41, 5.74) is 2.24. The lowest BCUT2D eigenvalue weighted by Crippen LogP contribution is -2.44. The highest BCUT2D eigenvalue weighted by Gasteiger charge is 2.22. The maximum atomic E-state index is 12.5. The second kappa shape index (κ2) is 14.2. The van der Waals surface area contributed by atoms with Crippen LogP contribution in [-0.2, 0) is 14.8 Å². The molecule has 0 bridgehead atoms. The van der Waals surface area contributed by atoms with Crippen LogP contribution < -0.4 is 25.2 Å². The average Bonchev–Trinajstić information content (AvgIpc) is 2.92. The van der Waals surface area contributed by atoms with Gasteiger partial charge < -0.3 is 30.9 Å². The Balaban J connectivity index is 1.52. The van der Waals surface area contributed by atoms with Crippen LogP contribution in [0.25, 0.3) is 0 Å². The molecule has 0 saturated carbocycles. The summed E-state index contributed by atoms with van der Waals surface area (Å²) in [7, 11) is -3.57. The predicted octanol–water partition coefficient (Wildman–Crippen LogP) is 2.46. The van der Waals surface area contributed by atoms with Crippen molar-refractivity contribution < 1.29 is 33.3 Å². The monoisotopic (exact) mass is 577 g/mol. The molecule has 1 aliphatic rings. The Kier molecular flexibility index (Phi) is 11.0. The lowest BCUT2D eigenvalue weighted by atomic mass is 10.0. The summed E-state index contributed by atoms with van der Waals surface area (Å²) < 4.78 is 25.3. The SMILES string of the molecule is CCCCN(C(=O)NCC(=O)O)c1ccc(N2CCC(NC[C@H](O)c3ccc(O)c(NS(C)(=O)=O)c3)CC2)cc1. The number of carbonyl (C=O) groups is 2. The number of aliphatic carboxylic acids is 1. The van der Waals surface area contributed by atoms with Crippen molar-refractivity contribution in [1.82, 2.24) is 10.6 Å². The average molecular weight is 578 g/mol. The molecule has 1 atom stereocenters. The molecule has 0 aliphatic carbocycles. The third kappa shape index (κ3) is 9.28. The number of carboxylic acids is 1. The quantitative estimate of drug-likeness (QED) is 0.196. The number of nitrogens with one attached hydrogen (secondary N) is 3. The molecule has 0 radical (unpaired) electrons. The summed E-state index contributed by atoms with van der Waals surface area (Å²) >= 11 is 0. The van der Waals surface area contributed by atoms with Gasteiger partial charge in [0.05, 0.1) is 18.0 Å². The molecule has 6 N–H and O–H groups in total. The predicted molar refractivity (Wildman–Crippen MR) is 155 cm³/mol. The van der Waals surface area contributed by atoms with E-state index in [-0.39, 0.29) is 24.0 Å². The van der Waals surface area contributed by atoms with Crippen LogP contribution in [0.5, 0.6) is 5.75 Å². The Morgan fingerprint density at radius 2 is 1.80 bits per heavy atom. The number of rotatable bonds is 13. The number of aliphatic hydroxyl groups excluding tert-OH is 1. The van der Waals surface area contributed by atoms with E-state index < -0.39 is 34.7 Å². The second-order valence-corrected chi connectivity index (χ2v) is 11.7. The van der Waals surface area contributed by atoms with Gasteiger partial charge in [0, 0.05) is 43.6 Å². The molecule has 1 saturated heterocycles. The van der Waals surface area contributed by atoms with Crippen LogP contribution in [0.15, 0.2) is 42.5 Å². The number of phenolic OH excluding ortho intramolecular Hbond substituents is 1. The van der Waals surface area contributed by atoms with Gasteiger partial charge in [0.25, 0.3) is 0 Å². The molecule has 12 nitrogen and oxygen atoms in total. The van der Waals surface area contributed by atoms with Crippen molar-refractivity contribution in [3.05, 3.63) is 48.0 Å². The van der Waals surface area contributed by atoms with Crippen molar-refractivity contribution in [1.29, 1.82) is 0 Å². The number of carbonyl (C=O) groups excluding carboxylic acids is 1. The van der Waals surface area contributed by atoms with Crippen molar-refractivity contribution in [2.75, 3.05) is 53.5 Å². The lowest BCUT2D eigenvalue weighted by molar-refractivity contribution is -0.135. The van der Waals surface area contributed by atoms with E-state index in [1.807, 2.05) is 31.2 Å². The summed E-state index contributed by atoms with van der Waals surface area (Å²) in [6.07, 6.45) is 3.51. The normalized spacial score (nSPS) is 14.9. The van der Waals surface area contributed by atoms with Crippen molar-refractivity contribution in [2.24, 2.45) is 0 Å². The smallest absolute Gasteiger partial charge is 0.323 e. The Morgan fingerprint density at radius 1 is 1.12 bits per heavy atom. The Morgan fingerprint density at radius 3 is 2.40 bits per heavy atom. The molecule has 220 valence electrons. The second-order valence-electron chi connectivity index (χ2n) is 9.91. The highest BCUT2D eigenvalue weighted by atomic mass is 32.2. The van der Waals surface area contributed by atoms with E-state index in [0.29, 0.717) is 17.8 Å². The minimum absolute atomic E-state index is 0.0211. The van der Waals surface area contributed by atoms with Gasteiger partial charge in [0.15, 0.2) is 0 Å². The lowest BCUT2D eigenvalue weighted by Gasteiger charge is -2.34. The van der Waals surface area contributed by atoms with Gasteiger partial charge in [-0.25, -0.2) is 13.2 Å². The molecule has 1 aliphatic heterocycles. The third-order valence-corrected chi connectivity index (χ3v) is 7.28. The summed E-state index contributed by atoms with van der Waals surface area (Å²) in [4.78, 5) is 27.2. The fourth-order valence-corrected chi connectivity index (χ4v) is 5.10. The largest absolute Gasteiger partial charge is 0.506 e. The van der Waals surface area contributed by atoms with Crippen LogP contribution in [0.3, 0.4) is 0 Å². The van der Waals surface area contributed by atoms with Gasteiger partial charge >= 0.3 is 12.0 Å². The van der Waals surface area contributed by atoms with E-state index in [1.165, 1.54) is 12.1 Å². The number of carboxylic acid groups (broad SMARTS) is 1. The standard InChI is InChI=1S/C27H39N5O7S/c1-3-4-13-32(27(37)29-18-26(35)36)22-8-6-21(7-9-22)31-14-11-20(12-15-31)28-17-25(34)19-5-10-24(33)23(16-19)30-40(2,38)39/h5-10,16,20,25,28,30,33-34H,3-4,11-15,17-18H2,1-2H3,(H,29,37)(H,35,36)/t25-/m0/s1. The van der Waals surface area contributed by atoms with E-state index >= 15 is 0 Å². The highest BCUT2D eigenvalue weighted by molar-refractivity contribution is 7.92. The number of unbranched alkanes of at least 4 members (excludes halogenated alkanes) is 1. The topological polar surface area (TPSA) is 172 Å². The van der Waals surface area contributed by atoms with Crippen LogP contribution in [0.1, 0.15) is 44.3 Å². The molecule has 1 fully saturated rings. The number of aliphatic hydroxyl groups is 1. The molecule has 2 amide bonds. The minimum Gasteiger partial charge on any atom is -0.506 e. The minimum atomic E-state index is -3.57. The fourth-order valence-electron chi connectivity index (χ4n) is 4.53. The maximum Gasteiger partial charge on any atom is 0.323 e. The Labute approximate surface area is 235 Å². The molecule has 40 heavy (non-hydrogen) atoms. The van der Waals surface area contributed by atoms with Crippen LogP contribution in [-0.4, -0.2) is 80.8 Å². The van der Waals surface area contributed by atoms with Gasteiger partial charge in [-0.2, -0.15) is 0 Å². The molecule has 2 aromatic rings. The summed E-state index contributed by atoms with van der Waals surface area (Å²) in [5.74, 6) is -1.31. The van der Waals surface area contributed by atoms with Crippen molar-refractivity contribution >= 4 is 39.1 Å². The molecule has 13 heteroatoms. The van der Waals surface area contributed by atoms with Crippen LogP contribution in [0, 0.1) is 0 Å². The first-order valence-corrected chi connectivity index (χ1v) is 15.2. The zero-order chi connectivity index (χ0) is 29.3. The molecule has 1 heterocycles. The van der Waals surface area contributed by atoms with E-state index in [0.717, 1.165) is 50.7 Å². The van der Waals surface area contributed by atoms with E-state index in [4.69, 9.17) is 5.11 Å². The van der Waals surface area contributed by atoms with Crippen LogP contribution in [0.2, 0.25) is 0 Å². The summed E-state index contributed by atoms with van der Waals surface area (Å²) in [6, 6.07) is 11.8. The van der Waals surface area contributed by atoms with Gasteiger partial charge in [-0.05, 0) is 61.2 Å². The third-order valence-electron chi connectivity index (χ3n) is 6.69. The maximum absolute atomic E-state index is 12.5. The first kappa shape index (κ1) is 31.0. The Bertz CT molecular complexity index is 1250. The molecule has 0 unspecified atom stereocenters. The number of anilines is 3. The number of phenols is 1. The number of hydrogen-bond acceptors (Lipinski definition) is 8. The zero-order valence-corrected chi connectivity index (χ0v) is 23.7. The number of piperidine rings is 1. The number of amides is 2. The highest BCUT2D eigenvalue weighted by Crippen LogP contribution is 2.28. The molecular weight excluding hydrogens is 538 g/mol. The van der Waals surface area contributed by atoms with Crippen molar-refractivity contribution in [2.45, 2.75) is 44.8 Å². The molecular formula is C27H39N5O7S. The number of aromatic hydroxyl groups is 1. The number of nitrogens with zero attached hydrogens (tertiary/aromatic N) is 2. The number of benzene rings is 2. The first-order chi connectivity index (χ1) is 19.0. The van der Waals surface area contributed by atoms with Crippen molar-refractivity contribution in [3.8, 4) is 5.75 Å². The number of sulfonamides is 1. The summed E-state index contributed by atoms with van der Waals surface area (Å²) in [6.45, 7) is 3.96. The van der Waals surface area contributed by atoms with Gasteiger partial charge in [-0.1, -0.05) is 19.4 Å². The van der Waals surface area contributed by atoms with Gasteiger partial charge in [0.1, 0.15) is 12.3 Å². The summed E-state index contributed by atoms with van der Waals surface area (Å²) in [5, 5.41) is 35.2. The van der Waals surface area contributed by atoms with Gasteiger partial charge in [-0.15, -0.1) is 0 Å². The molecule has 2 aromatic carbocycles. The first-order valence-electron chi connectivity index (χ1n) is 13.3.